The molecule has 1 aromatic heterocycles. The summed E-state index contributed by atoms with van der Waals surface area (Å²) in [5.74, 6) is 0.696. The lowest BCUT2D eigenvalue weighted by Crippen LogP contribution is -2.08. The standard InChI is InChI=1S/C12H11BrClN3/c1-8(9-5-3-2-4-6-9)16-11-10(13)7-15-12(14)17-11/h2-8H,1H3,(H,15,16,17)/t8-/m0/s1. The smallest absolute Gasteiger partial charge is 0.224 e. The maximum atomic E-state index is 5.76. The van der Waals surface area contributed by atoms with Crippen LogP contribution in [0.3, 0.4) is 0 Å². The number of aromatic nitrogens is 2. The molecule has 1 atom stereocenters. The first-order chi connectivity index (χ1) is 8.16. The third kappa shape index (κ3) is 3.17. The van der Waals surface area contributed by atoms with E-state index in [-0.39, 0.29) is 11.3 Å². The summed E-state index contributed by atoms with van der Waals surface area (Å²) in [7, 11) is 0. The van der Waals surface area contributed by atoms with Crippen LogP contribution in [0.2, 0.25) is 5.28 Å². The minimum Gasteiger partial charge on any atom is -0.362 e. The van der Waals surface area contributed by atoms with Crippen LogP contribution in [0, 0.1) is 0 Å². The van der Waals surface area contributed by atoms with Crippen LogP contribution < -0.4 is 5.32 Å². The maximum absolute atomic E-state index is 5.76. The molecule has 2 rings (SSSR count). The van der Waals surface area contributed by atoms with Gasteiger partial charge in [0.15, 0.2) is 0 Å². The number of nitrogens with one attached hydrogen (secondary N) is 1. The molecular weight excluding hydrogens is 302 g/mol. The summed E-state index contributed by atoms with van der Waals surface area (Å²) < 4.78 is 0.796. The maximum Gasteiger partial charge on any atom is 0.224 e. The first kappa shape index (κ1) is 12.3. The van der Waals surface area contributed by atoms with Gasteiger partial charge in [0.1, 0.15) is 5.82 Å². The average Bonchev–Trinajstić information content (AvgIpc) is 2.35. The van der Waals surface area contributed by atoms with Gasteiger partial charge < -0.3 is 5.32 Å². The van der Waals surface area contributed by atoms with Crippen molar-refractivity contribution < 1.29 is 0 Å². The molecule has 17 heavy (non-hydrogen) atoms. The number of halogens is 2. The zero-order chi connectivity index (χ0) is 12.3. The largest absolute Gasteiger partial charge is 0.362 e. The Morgan fingerprint density at radius 3 is 2.71 bits per heavy atom. The van der Waals surface area contributed by atoms with Crippen LogP contribution >= 0.6 is 27.5 Å². The van der Waals surface area contributed by atoms with E-state index in [1.807, 2.05) is 18.2 Å². The molecule has 0 unspecified atom stereocenters. The van der Waals surface area contributed by atoms with Crippen LogP contribution in [-0.4, -0.2) is 9.97 Å². The SMILES string of the molecule is C[C@H](Nc1nc(Cl)ncc1Br)c1ccccc1. The molecule has 0 radical (unpaired) electrons. The van der Waals surface area contributed by atoms with Crippen molar-refractivity contribution >= 4 is 33.3 Å². The van der Waals surface area contributed by atoms with Crippen molar-refractivity contribution in [2.75, 3.05) is 5.32 Å². The fourth-order valence-corrected chi connectivity index (χ4v) is 1.92. The molecule has 3 nitrogen and oxygen atoms in total. The normalized spacial score (nSPS) is 12.2. The number of nitrogens with zero attached hydrogens (tertiary/aromatic N) is 2. The fourth-order valence-electron chi connectivity index (χ4n) is 1.48. The topological polar surface area (TPSA) is 37.8 Å². The second kappa shape index (κ2) is 5.47. The van der Waals surface area contributed by atoms with Crippen molar-refractivity contribution in [1.82, 2.24) is 9.97 Å². The number of hydrogen-bond donors (Lipinski definition) is 1. The van der Waals surface area contributed by atoms with Gasteiger partial charge in [0.25, 0.3) is 0 Å². The molecule has 1 aromatic carbocycles. The number of rotatable bonds is 3. The molecule has 1 heterocycles. The highest BCUT2D eigenvalue weighted by molar-refractivity contribution is 9.10. The summed E-state index contributed by atoms with van der Waals surface area (Å²) in [5, 5.41) is 3.52. The van der Waals surface area contributed by atoms with E-state index >= 15 is 0 Å². The summed E-state index contributed by atoms with van der Waals surface area (Å²) in [5.41, 5.74) is 1.19. The summed E-state index contributed by atoms with van der Waals surface area (Å²) >= 11 is 9.15. The molecule has 0 aliphatic carbocycles. The highest BCUT2D eigenvalue weighted by Crippen LogP contribution is 2.24. The molecular formula is C12H11BrClN3. The van der Waals surface area contributed by atoms with Gasteiger partial charge in [-0.05, 0) is 40.0 Å². The minimum absolute atomic E-state index is 0.151. The molecule has 0 saturated carbocycles. The summed E-state index contributed by atoms with van der Waals surface area (Å²) in [6.07, 6.45) is 1.63. The third-order valence-electron chi connectivity index (χ3n) is 2.37. The molecule has 5 heteroatoms. The van der Waals surface area contributed by atoms with E-state index in [4.69, 9.17) is 11.6 Å². The molecule has 88 valence electrons. The van der Waals surface area contributed by atoms with Crippen LogP contribution in [0.4, 0.5) is 5.82 Å². The Hall–Kier alpha value is -1.13. The summed E-state index contributed by atoms with van der Waals surface area (Å²) in [6, 6.07) is 10.3. The van der Waals surface area contributed by atoms with Crippen LogP contribution in [0.5, 0.6) is 0 Å². The Morgan fingerprint density at radius 2 is 2.00 bits per heavy atom. The Labute approximate surface area is 113 Å². The molecule has 0 amide bonds. The quantitative estimate of drug-likeness (QED) is 0.868. The Balaban J connectivity index is 2.18. The van der Waals surface area contributed by atoms with E-state index in [1.165, 1.54) is 5.56 Å². The molecule has 2 aromatic rings. The molecule has 0 aliphatic heterocycles. The number of benzene rings is 1. The summed E-state index contributed by atoms with van der Waals surface area (Å²) in [6.45, 7) is 2.07. The molecule has 0 fully saturated rings. The first-order valence-electron chi connectivity index (χ1n) is 5.16. The number of anilines is 1. The lowest BCUT2D eigenvalue weighted by atomic mass is 10.1. The Bertz CT molecular complexity index is 504. The summed E-state index contributed by atoms with van der Waals surface area (Å²) in [4.78, 5) is 8.02. The van der Waals surface area contributed by atoms with Gasteiger partial charge in [0.05, 0.1) is 4.47 Å². The van der Waals surface area contributed by atoms with Gasteiger partial charge in [0, 0.05) is 12.2 Å². The molecule has 0 spiro atoms. The van der Waals surface area contributed by atoms with Crippen LogP contribution in [0.1, 0.15) is 18.5 Å². The van der Waals surface area contributed by atoms with Gasteiger partial charge >= 0.3 is 0 Å². The van der Waals surface area contributed by atoms with E-state index < -0.39 is 0 Å². The van der Waals surface area contributed by atoms with Crippen LogP contribution in [0.25, 0.3) is 0 Å². The first-order valence-corrected chi connectivity index (χ1v) is 6.33. The van der Waals surface area contributed by atoms with Gasteiger partial charge in [-0.25, -0.2) is 4.98 Å². The average molecular weight is 313 g/mol. The Kier molecular flexibility index (Phi) is 3.97. The van der Waals surface area contributed by atoms with Gasteiger partial charge in [-0.15, -0.1) is 0 Å². The van der Waals surface area contributed by atoms with Gasteiger partial charge in [-0.2, -0.15) is 4.98 Å². The van der Waals surface area contributed by atoms with Crippen molar-refractivity contribution in [1.29, 1.82) is 0 Å². The zero-order valence-corrected chi connectivity index (χ0v) is 11.5. The molecule has 0 aliphatic rings. The molecule has 0 bridgehead atoms. The highest BCUT2D eigenvalue weighted by atomic mass is 79.9. The fraction of sp³-hybridized carbons (Fsp3) is 0.167. The second-order valence-electron chi connectivity index (χ2n) is 3.61. The lowest BCUT2D eigenvalue weighted by molar-refractivity contribution is 0.870. The third-order valence-corrected chi connectivity index (χ3v) is 3.13. The van der Waals surface area contributed by atoms with Gasteiger partial charge in [-0.1, -0.05) is 30.3 Å². The lowest BCUT2D eigenvalue weighted by Gasteiger charge is -2.15. The Morgan fingerprint density at radius 1 is 1.29 bits per heavy atom. The molecule has 0 saturated heterocycles. The van der Waals surface area contributed by atoms with E-state index in [9.17, 15) is 0 Å². The van der Waals surface area contributed by atoms with Crippen molar-refractivity contribution in [3.05, 3.63) is 51.8 Å². The van der Waals surface area contributed by atoms with Crippen LogP contribution in [0.15, 0.2) is 41.0 Å². The van der Waals surface area contributed by atoms with Crippen molar-refractivity contribution in [3.8, 4) is 0 Å². The van der Waals surface area contributed by atoms with E-state index in [2.05, 4.69) is 50.3 Å². The van der Waals surface area contributed by atoms with Gasteiger partial charge in [-0.3, -0.25) is 0 Å². The second-order valence-corrected chi connectivity index (χ2v) is 4.80. The van der Waals surface area contributed by atoms with Crippen molar-refractivity contribution in [2.24, 2.45) is 0 Å². The predicted octanol–water partition coefficient (Wildman–Crippen LogP) is 4.07. The van der Waals surface area contributed by atoms with E-state index in [1.54, 1.807) is 6.20 Å². The predicted molar refractivity (Wildman–Crippen MR) is 73.2 cm³/mol. The number of hydrogen-bond acceptors (Lipinski definition) is 3. The molecule has 1 N–H and O–H groups in total. The van der Waals surface area contributed by atoms with Crippen molar-refractivity contribution in [2.45, 2.75) is 13.0 Å². The van der Waals surface area contributed by atoms with E-state index in [0.717, 1.165) is 4.47 Å². The minimum atomic E-state index is 0.151. The monoisotopic (exact) mass is 311 g/mol. The zero-order valence-electron chi connectivity index (χ0n) is 9.19. The van der Waals surface area contributed by atoms with Crippen LogP contribution in [-0.2, 0) is 0 Å². The van der Waals surface area contributed by atoms with Gasteiger partial charge in [0.2, 0.25) is 5.28 Å². The van der Waals surface area contributed by atoms with Crippen molar-refractivity contribution in [3.63, 3.8) is 0 Å². The highest BCUT2D eigenvalue weighted by Gasteiger charge is 2.09. The van der Waals surface area contributed by atoms with E-state index in [0.29, 0.717) is 5.82 Å².